The van der Waals surface area contributed by atoms with Gasteiger partial charge in [-0.25, -0.2) is 0 Å². The summed E-state index contributed by atoms with van der Waals surface area (Å²) in [7, 11) is 1.57. The van der Waals surface area contributed by atoms with Crippen molar-refractivity contribution in [1.29, 1.82) is 0 Å². The Morgan fingerprint density at radius 3 is 2.28 bits per heavy atom. The van der Waals surface area contributed by atoms with Crippen LogP contribution in [0.25, 0.3) is 0 Å². The van der Waals surface area contributed by atoms with Gasteiger partial charge < -0.3 is 9.80 Å². The van der Waals surface area contributed by atoms with Crippen LogP contribution in [-0.4, -0.2) is 71.8 Å². The second-order valence-corrected chi connectivity index (χ2v) is 11.6. The van der Waals surface area contributed by atoms with Gasteiger partial charge in [0.15, 0.2) is 0 Å². The molecule has 1 unspecified atom stereocenters. The monoisotopic (exact) mass is 669 g/mol. The minimum Gasteiger partial charge on any atom is -0.343 e. The first-order chi connectivity index (χ1) is 17.9. The average Bonchev–Trinajstić information content (AvgIpc) is 2.88. The Morgan fingerprint density at radius 1 is 1.03 bits per heavy atom. The molecule has 2 atom stereocenters. The van der Waals surface area contributed by atoms with Crippen LogP contribution >= 0.6 is 51.5 Å². The van der Waals surface area contributed by atoms with Gasteiger partial charge in [-0.1, -0.05) is 51.3 Å². The van der Waals surface area contributed by atoms with Crippen LogP contribution in [0.5, 0.6) is 0 Å². The van der Waals surface area contributed by atoms with Gasteiger partial charge in [-0.2, -0.15) is 13.2 Å². The first-order valence-corrected chi connectivity index (χ1v) is 14.0. The molecule has 2 heterocycles. The summed E-state index contributed by atoms with van der Waals surface area (Å²) in [6.45, 7) is 4.26. The van der Waals surface area contributed by atoms with Gasteiger partial charge in [0.05, 0.1) is 21.2 Å². The summed E-state index contributed by atoms with van der Waals surface area (Å²) in [5.41, 5.74) is -0.487. The summed E-state index contributed by atoms with van der Waals surface area (Å²) >= 11 is 15.5. The van der Waals surface area contributed by atoms with Crippen molar-refractivity contribution in [1.82, 2.24) is 14.7 Å². The molecule has 0 spiro atoms. The van der Waals surface area contributed by atoms with Crippen LogP contribution in [0, 0.1) is 0 Å². The lowest BCUT2D eigenvalue weighted by Crippen LogP contribution is -2.55. The number of piperidine rings is 2. The number of carbonyl (C=O) groups is 2. The molecule has 0 aliphatic carbocycles. The Kier molecular flexibility index (Phi) is 10.7. The predicted octanol–water partition coefficient (Wildman–Crippen LogP) is 7.14. The van der Waals surface area contributed by atoms with E-state index in [0.717, 1.165) is 18.4 Å². The van der Waals surface area contributed by atoms with Crippen LogP contribution in [0.2, 0.25) is 10.0 Å². The lowest BCUT2D eigenvalue weighted by Gasteiger charge is -2.47. The molecule has 0 bridgehead atoms. The van der Waals surface area contributed by atoms with E-state index in [4.69, 9.17) is 23.2 Å². The fraction of sp³-hybridized carbons (Fsp3) is 0.481. The molecular weight excluding hydrogens is 642 g/mol. The largest absolute Gasteiger partial charge is 0.418 e. The van der Waals surface area contributed by atoms with Crippen molar-refractivity contribution in [3.63, 3.8) is 0 Å². The van der Waals surface area contributed by atoms with Crippen molar-refractivity contribution in [3.8, 4) is 0 Å². The Bertz CT molecular complexity index is 1210. The normalized spacial score (nSPS) is 20.9. The third-order valence-corrected chi connectivity index (χ3v) is 9.15. The minimum absolute atomic E-state index is 0. The number of hydrogen-bond donors (Lipinski definition) is 0. The molecule has 39 heavy (non-hydrogen) atoms. The number of halogens is 7. The molecule has 12 heteroatoms. The Labute approximate surface area is 251 Å². The zero-order chi connectivity index (χ0) is 27.8. The van der Waals surface area contributed by atoms with E-state index >= 15 is 0 Å². The summed E-state index contributed by atoms with van der Waals surface area (Å²) in [5, 5.41) is 0.791. The molecule has 214 valence electrons. The van der Waals surface area contributed by atoms with E-state index in [1.165, 1.54) is 23.1 Å². The maximum Gasteiger partial charge on any atom is 0.418 e. The second-order valence-electron chi connectivity index (χ2n) is 9.94. The number of carbonyl (C=O) groups excluding carboxylic acids is 2. The molecule has 2 aromatic rings. The van der Waals surface area contributed by atoms with Gasteiger partial charge in [0.1, 0.15) is 0 Å². The van der Waals surface area contributed by atoms with Crippen LogP contribution in [0.4, 0.5) is 13.2 Å². The minimum atomic E-state index is -4.69. The number of rotatable bonds is 4. The number of hydrogen-bond acceptors (Lipinski definition) is 3. The molecule has 2 aliphatic heterocycles. The van der Waals surface area contributed by atoms with Crippen LogP contribution in [0.1, 0.15) is 53.6 Å². The van der Waals surface area contributed by atoms with E-state index in [-0.39, 0.29) is 46.4 Å². The molecular formula is C27H30BrCl3F3N3O2. The SMILES string of the molecule is CC(=O)N1CCC(N2CC[C@H](N(C)C(=O)c3cccc(Br)c3C(F)(F)F)C(c3ccc(Cl)c(Cl)c3)C2)CC1.Cl. The average molecular weight is 672 g/mol. The van der Waals surface area contributed by atoms with E-state index in [0.29, 0.717) is 42.6 Å². The van der Waals surface area contributed by atoms with E-state index in [1.54, 1.807) is 26.1 Å². The molecule has 0 radical (unpaired) electrons. The highest BCUT2D eigenvalue weighted by atomic mass is 79.9. The fourth-order valence-corrected chi connectivity index (χ4v) is 6.61. The Morgan fingerprint density at radius 2 is 1.69 bits per heavy atom. The van der Waals surface area contributed by atoms with Crippen molar-refractivity contribution in [2.45, 2.75) is 50.4 Å². The highest BCUT2D eigenvalue weighted by molar-refractivity contribution is 9.10. The molecule has 2 aromatic carbocycles. The van der Waals surface area contributed by atoms with E-state index in [1.807, 2.05) is 11.0 Å². The molecule has 2 saturated heterocycles. The topological polar surface area (TPSA) is 43.9 Å². The molecule has 2 aliphatic rings. The number of nitrogens with zero attached hydrogens (tertiary/aromatic N) is 3. The summed E-state index contributed by atoms with van der Waals surface area (Å²) in [6, 6.07) is 9.22. The van der Waals surface area contributed by atoms with Crippen LogP contribution < -0.4 is 0 Å². The summed E-state index contributed by atoms with van der Waals surface area (Å²) in [5.74, 6) is -0.807. The molecule has 5 nitrogen and oxygen atoms in total. The van der Waals surface area contributed by atoms with E-state index in [9.17, 15) is 22.8 Å². The fourth-order valence-electron chi connectivity index (χ4n) is 5.71. The lowest BCUT2D eigenvalue weighted by molar-refractivity contribution is -0.138. The Balaban J connectivity index is 0.00000420. The second kappa shape index (κ2) is 13.0. The van der Waals surface area contributed by atoms with Gasteiger partial charge in [0, 0.05) is 62.6 Å². The number of likely N-dealkylation sites (N-methyl/N-ethyl adjacent to an activating group) is 1. The molecule has 2 fully saturated rings. The van der Waals surface area contributed by atoms with Gasteiger partial charge in [0.2, 0.25) is 5.91 Å². The first kappa shape index (κ1) is 32.0. The molecule has 0 saturated carbocycles. The third kappa shape index (κ3) is 7.04. The molecule has 2 amide bonds. The zero-order valence-electron chi connectivity index (χ0n) is 21.5. The standard InChI is InChI=1S/C27H29BrCl2F3N3O2.ClH/c1-16(37)35-11-8-18(9-12-35)36-13-10-24(20(15-36)17-6-7-22(29)23(30)14-17)34(2)26(38)19-4-3-5-21(28)25(19)27(31,32)33;/h3-7,14,18,20,24H,8-13,15H2,1-2H3;1H/t20?,24-;/m0./s1. The maximum absolute atomic E-state index is 13.9. The van der Waals surface area contributed by atoms with Gasteiger partial charge in [0.25, 0.3) is 5.91 Å². The molecule has 4 rings (SSSR count). The number of benzene rings is 2. The van der Waals surface area contributed by atoms with Gasteiger partial charge in [-0.15, -0.1) is 12.4 Å². The van der Waals surface area contributed by atoms with Gasteiger partial charge >= 0.3 is 6.18 Å². The van der Waals surface area contributed by atoms with E-state index in [2.05, 4.69) is 20.8 Å². The van der Waals surface area contributed by atoms with Crippen LogP contribution in [-0.2, 0) is 11.0 Å². The third-order valence-electron chi connectivity index (χ3n) is 7.75. The highest BCUT2D eigenvalue weighted by Gasteiger charge is 2.42. The van der Waals surface area contributed by atoms with Crippen molar-refractivity contribution in [3.05, 3.63) is 67.6 Å². The van der Waals surface area contributed by atoms with Crippen molar-refractivity contribution >= 4 is 63.4 Å². The summed E-state index contributed by atoms with van der Waals surface area (Å²) in [6.07, 6.45) is -2.41. The quantitative estimate of drug-likeness (QED) is 0.347. The first-order valence-electron chi connectivity index (χ1n) is 12.5. The van der Waals surface area contributed by atoms with Crippen molar-refractivity contribution in [2.24, 2.45) is 0 Å². The molecule has 0 N–H and O–H groups in total. The number of amides is 2. The molecule has 0 aromatic heterocycles. The number of alkyl halides is 3. The highest BCUT2D eigenvalue weighted by Crippen LogP contribution is 2.40. The van der Waals surface area contributed by atoms with Gasteiger partial charge in [-0.05, 0) is 49.1 Å². The van der Waals surface area contributed by atoms with Gasteiger partial charge in [-0.3, -0.25) is 14.5 Å². The number of likely N-dealkylation sites (tertiary alicyclic amines) is 2. The Hall–Kier alpha value is -1.52. The van der Waals surface area contributed by atoms with E-state index < -0.39 is 17.6 Å². The predicted molar refractivity (Wildman–Crippen MR) is 153 cm³/mol. The van der Waals surface area contributed by atoms with Crippen LogP contribution in [0.15, 0.2) is 40.9 Å². The summed E-state index contributed by atoms with van der Waals surface area (Å²) < 4.78 is 41.5. The maximum atomic E-state index is 13.9. The smallest absolute Gasteiger partial charge is 0.343 e. The van der Waals surface area contributed by atoms with Crippen molar-refractivity contribution in [2.75, 3.05) is 33.2 Å². The summed E-state index contributed by atoms with van der Waals surface area (Å²) in [4.78, 5) is 31.0. The zero-order valence-corrected chi connectivity index (χ0v) is 25.4. The lowest BCUT2D eigenvalue weighted by atomic mass is 9.83. The van der Waals surface area contributed by atoms with Crippen molar-refractivity contribution < 1.29 is 22.8 Å². The van der Waals surface area contributed by atoms with Crippen LogP contribution in [0.3, 0.4) is 0 Å².